The SMILES string of the molecule is CC(C)C(O)P(=O)(O)O. The van der Waals surface area contributed by atoms with Crippen molar-refractivity contribution in [3.63, 3.8) is 0 Å². The van der Waals surface area contributed by atoms with Gasteiger partial charge in [-0.3, -0.25) is 4.57 Å². The molecular weight excluding hydrogens is 143 g/mol. The molecule has 3 N–H and O–H groups in total. The Kier molecular flexibility index (Phi) is 2.83. The number of hydrogen-bond acceptors (Lipinski definition) is 2. The van der Waals surface area contributed by atoms with Gasteiger partial charge < -0.3 is 14.9 Å². The largest absolute Gasteiger partial charge is 0.380 e. The zero-order valence-electron chi connectivity index (χ0n) is 5.35. The molecule has 0 rings (SSSR count). The molecule has 0 radical (unpaired) electrons. The van der Waals surface area contributed by atoms with Crippen LogP contribution in [0.2, 0.25) is 0 Å². The van der Waals surface area contributed by atoms with Crippen LogP contribution in [0.5, 0.6) is 0 Å². The number of aliphatic hydroxyl groups is 1. The predicted molar refractivity (Wildman–Crippen MR) is 32.9 cm³/mol. The van der Waals surface area contributed by atoms with Gasteiger partial charge in [0.05, 0.1) is 0 Å². The lowest BCUT2D eigenvalue weighted by atomic mass is 10.2. The van der Waals surface area contributed by atoms with Gasteiger partial charge >= 0.3 is 7.60 Å². The Morgan fingerprint density at radius 1 is 1.33 bits per heavy atom. The maximum Gasteiger partial charge on any atom is 0.354 e. The van der Waals surface area contributed by atoms with Gasteiger partial charge in [0.15, 0.2) is 5.85 Å². The van der Waals surface area contributed by atoms with Crippen molar-refractivity contribution in [2.75, 3.05) is 0 Å². The smallest absolute Gasteiger partial charge is 0.354 e. The molecule has 1 unspecified atom stereocenters. The number of rotatable bonds is 2. The van der Waals surface area contributed by atoms with E-state index in [4.69, 9.17) is 14.9 Å². The molecular formula is C4H11O4P. The van der Waals surface area contributed by atoms with Gasteiger partial charge in [-0.1, -0.05) is 13.8 Å². The van der Waals surface area contributed by atoms with E-state index in [1.54, 1.807) is 13.8 Å². The van der Waals surface area contributed by atoms with E-state index >= 15 is 0 Å². The second kappa shape index (κ2) is 2.80. The fraction of sp³-hybridized carbons (Fsp3) is 1.00. The fourth-order valence-corrected chi connectivity index (χ4v) is 1.17. The molecule has 0 bridgehead atoms. The van der Waals surface area contributed by atoms with Crippen molar-refractivity contribution in [1.29, 1.82) is 0 Å². The summed E-state index contributed by atoms with van der Waals surface area (Å²) in [5.41, 5.74) is 0. The average Bonchev–Trinajstić information content (AvgIpc) is 1.62. The minimum Gasteiger partial charge on any atom is -0.380 e. The van der Waals surface area contributed by atoms with Gasteiger partial charge in [0.25, 0.3) is 0 Å². The first-order chi connectivity index (χ1) is 3.85. The first-order valence-electron chi connectivity index (χ1n) is 2.59. The first-order valence-corrected chi connectivity index (χ1v) is 4.27. The third-order valence-corrected chi connectivity index (χ3v) is 2.23. The van der Waals surface area contributed by atoms with Gasteiger partial charge in [-0.05, 0) is 5.92 Å². The first kappa shape index (κ1) is 9.11. The summed E-state index contributed by atoms with van der Waals surface area (Å²) in [6.07, 6.45) is 0. The Labute approximate surface area is 53.7 Å². The van der Waals surface area contributed by atoms with E-state index in [1.807, 2.05) is 0 Å². The van der Waals surface area contributed by atoms with Gasteiger partial charge in [0.2, 0.25) is 0 Å². The van der Waals surface area contributed by atoms with E-state index in [-0.39, 0.29) is 0 Å². The summed E-state index contributed by atoms with van der Waals surface area (Å²) in [4.78, 5) is 16.6. The van der Waals surface area contributed by atoms with Crippen molar-refractivity contribution in [2.24, 2.45) is 5.92 Å². The standard InChI is InChI=1S/C4H11O4P/c1-3(2)4(5)9(6,7)8/h3-5H,1-2H3,(H2,6,7,8). The lowest BCUT2D eigenvalue weighted by molar-refractivity contribution is 0.161. The summed E-state index contributed by atoms with van der Waals surface area (Å²) >= 11 is 0. The fourth-order valence-electron chi connectivity index (χ4n) is 0.388. The molecule has 0 fully saturated rings. The van der Waals surface area contributed by atoms with E-state index < -0.39 is 19.4 Å². The molecule has 0 aliphatic rings. The second-order valence-electron chi connectivity index (χ2n) is 2.25. The minimum atomic E-state index is -4.26. The highest BCUT2D eigenvalue weighted by molar-refractivity contribution is 7.52. The lowest BCUT2D eigenvalue weighted by Crippen LogP contribution is -2.14. The third-order valence-electron chi connectivity index (χ3n) is 0.941. The molecule has 0 heterocycles. The molecule has 0 spiro atoms. The molecule has 0 aromatic carbocycles. The molecule has 4 nitrogen and oxygen atoms in total. The lowest BCUT2D eigenvalue weighted by Gasteiger charge is -2.14. The van der Waals surface area contributed by atoms with Crippen molar-refractivity contribution in [1.82, 2.24) is 0 Å². The molecule has 5 heteroatoms. The van der Waals surface area contributed by atoms with Crippen LogP contribution in [0.25, 0.3) is 0 Å². The van der Waals surface area contributed by atoms with Gasteiger partial charge in [-0.25, -0.2) is 0 Å². The van der Waals surface area contributed by atoms with E-state index in [9.17, 15) is 4.57 Å². The van der Waals surface area contributed by atoms with Gasteiger partial charge in [0, 0.05) is 0 Å². The molecule has 0 aliphatic heterocycles. The van der Waals surface area contributed by atoms with Crippen LogP contribution in [0, 0.1) is 5.92 Å². The minimum absolute atomic E-state index is 0.397. The van der Waals surface area contributed by atoms with Crippen LogP contribution in [0.1, 0.15) is 13.8 Å². The highest BCUT2D eigenvalue weighted by Gasteiger charge is 2.28. The zero-order chi connectivity index (χ0) is 7.65. The summed E-state index contributed by atoms with van der Waals surface area (Å²) < 4.78 is 10.2. The number of aliphatic hydroxyl groups excluding tert-OH is 1. The monoisotopic (exact) mass is 154 g/mol. The van der Waals surface area contributed by atoms with E-state index in [0.717, 1.165) is 0 Å². The molecule has 0 amide bonds. The molecule has 9 heavy (non-hydrogen) atoms. The Hall–Kier alpha value is 0.110. The molecule has 0 aromatic rings. The number of hydrogen-bond donors (Lipinski definition) is 3. The summed E-state index contributed by atoms with van der Waals surface area (Å²) in [6, 6.07) is 0. The van der Waals surface area contributed by atoms with Crippen molar-refractivity contribution < 1.29 is 19.5 Å². The average molecular weight is 154 g/mol. The molecule has 0 saturated carbocycles. The summed E-state index contributed by atoms with van der Waals surface area (Å²) in [6.45, 7) is 3.09. The highest BCUT2D eigenvalue weighted by Crippen LogP contribution is 2.42. The quantitative estimate of drug-likeness (QED) is 0.494. The Bertz CT molecular complexity index is 127. The topological polar surface area (TPSA) is 77.8 Å². The van der Waals surface area contributed by atoms with Crippen molar-refractivity contribution >= 4 is 7.60 Å². The van der Waals surface area contributed by atoms with Crippen LogP contribution in [-0.2, 0) is 4.57 Å². The van der Waals surface area contributed by atoms with E-state index in [0.29, 0.717) is 0 Å². The van der Waals surface area contributed by atoms with Gasteiger partial charge in [-0.2, -0.15) is 0 Å². The van der Waals surface area contributed by atoms with Crippen molar-refractivity contribution in [2.45, 2.75) is 19.7 Å². The van der Waals surface area contributed by atoms with E-state index in [1.165, 1.54) is 0 Å². The van der Waals surface area contributed by atoms with Crippen LogP contribution in [0.3, 0.4) is 0 Å². The zero-order valence-corrected chi connectivity index (χ0v) is 6.25. The maximum atomic E-state index is 10.2. The second-order valence-corrected chi connectivity index (χ2v) is 3.95. The Morgan fingerprint density at radius 3 is 1.67 bits per heavy atom. The maximum absolute atomic E-state index is 10.2. The van der Waals surface area contributed by atoms with Gasteiger partial charge in [-0.15, -0.1) is 0 Å². The Balaban J connectivity index is 4.05. The highest BCUT2D eigenvalue weighted by atomic mass is 31.2. The molecule has 56 valence electrons. The summed E-state index contributed by atoms with van der Waals surface area (Å²) in [5, 5.41) is 8.70. The van der Waals surface area contributed by atoms with Crippen LogP contribution < -0.4 is 0 Å². The predicted octanol–water partition coefficient (Wildman–Crippen LogP) is 0.138. The van der Waals surface area contributed by atoms with Crippen LogP contribution in [0.15, 0.2) is 0 Å². The molecule has 0 aromatic heterocycles. The third kappa shape index (κ3) is 2.96. The summed E-state index contributed by atoms with van der Waals surface area (Å²) in [7, 11) is -4.26. The molecule has 0 aliphatic carbocycles. The molecule has 1 atom stereocenters. The van der Waals surface area contributed by atoms with Gasteiger partial charge in [0.1, 0.15) is 0 Å². The van der Waals surface area contributed by atoms with Crippen molar-refractivity contribution in [3.8, 4) is 0 Å². The molecule has 0 saturated heterocycles. The van der Waals surface area contributed by atoms with Crippen LogP contribution in [-0.4, -0.2) is 20.7 Å². The van der Waals surface area contributed by atoms with Crippen LogP contribution in [0.4, 0.5) is 0 Å². The van der Waals surface area contributed by atoms with Crippen molar-refractivity contribution in [3.05, 3.63) is 0 Å². The van der Waals surface area contributed by atoms with E-state index in [2.05, 4.69) is 0 Å². The Morgan fingerprint density at radius 2 is 1.67 bits per heavy atom. The normalized spacial score (nSPS) is 16.2. The summed E-state index contributed by atoms with van der Waals surface area (Å²) in [5.74, 6) is -1.91. The van der Waals surface area contributed by atoms with Crippen LogP contribution >= 0.6 is 7.60 Å².